The Kier molecular flexibility index (Phi) is 4.46. The number of nitrogens with one attached hydrogen (secondary N) is 1. The van der Waals surface area contributed by atoms with E-state index < -0.39 is 0 Å². The monoisotopic (exact) mass is 305 g/mol. The van der Waals surface area contributed by atoms with Crippen LogP contribution < -0.4 is 5.32 Å². The molecule has 0 bridgehead atoms. The number of ether oxygens (including phenoxy) is 1. The number of methoxy groups -OCH3 is 1. The van der Waals surface area contributed by atoms with Crippen LogP contribution in [-0.2, 0) is 11.3 Å². The van der Waals surface area contributed by atoms with Gasteiger partial charge >= 0.3 is 0 Å². The fraction of sp³-hybridized carbons (Fsp3) is 0.438. The molecule has 0 spiro atoms. The van der Waals surface area contributed by atoms with Crippen molar-refractivity contribution in [3.8, 4) is 0 Å². The summed E-state index contributed by atoms with van der Waals surface area (Å²) in [6.45, 7) is 1.47. The number of benzene rings is 1. The maximum Gasteiger partial charge on any atom is 0.0728 e. The van der Waals surface area contributed by atoms with Crippen LogP contribution in [0.15, 0.2) is 36.7 Å². The first-order chi connectivity index (χ1) is 10.2. The highest BCUT2D eigenvalue weighted by molar-refractivity contribution is 6.30. The molecule has 0 amide bonds. The van der Waals surface area contributed by atoms with Crippen LogP contribution in [0.25, 0.3) is 0 Å². The lowest BCUT2D eigenvalue weighted by molar-refractivity contribution is 0.183. The molecule has 1 aliphatic carbocycles. The molecule has 0 aliphatic heterocycles. The smallest absolute Gasteiger partial charge is 0.0728 e. The number of hydrogen-bond donors (Lipinski definition) is 1. The molecule has 0 atom stereocenters. The summed E-state index contributed by atoms with van der Waals surface area (Å²) in [6, 6.07) is 8.73. The zero-order valence-electron chi connectivity index (χ0n) is 12.1. The second-order valence-corrected chi connectivity index (χ2v) is 5.98. The van der Waals surface area contributed by atoms with Crippen molar-refractivity contribution in [1.29, 1.82) is 0 Å². The number of anilines is 1. The van der Waals surface area contributed by atoms with Crippen molar-refractivity contribution in [3.63, 3.8) is 0 Å². The van der Waals surface area contributed by atoms with Crippen LogP contribution in [-0.4, -0.2) is 29.5 Å². The van der Waals surface area contributed by atoms with Gasteiger partial charge in [0, 0.05) is 24.4 Å². The van der Waals surface area contributed by atoms with Gasteiger partial charge < -0.3 is 10.1 Å². The van der Waals surface area contributed by atoms with Crippen molar-refractivity contribution in [2.24, 2.45) is 0 Å². The first kappa shape index (κ1) is 14.4. The highest BCUT2D eigenvalue weighted by Crippen LogP contribution is 2.38. The van der Waals surface area contributed by atoms with E-state index in [1.54, 1.807) is 7.11 Å². The van der Waals surface area contributed by atoms with E-state index in [2.05, 4.69) is 22.5 Å². The van der Waals surface area contributed by atoms with Gasteiger partial charge in [0.05, 0.1) is 25.0 Å². The van der Waals surface area contributed by atoms with Crippen LogP contribution in [0.1, 0.15) is 24.3 Å². The summed E-state index contributed by atoms with van der Waals surface area (Å²) < 4.78 is 6.95. The normalized spacial score (nSPS) is 21.0. The minimum absolute atomic E-state index is 0.533. The summed E-state index contributed by atoms with van der Waals surface area (Å²) in [6.07, 6.45) is 6.23. The van der Waals surface area contributed by atoms with Gasteiger partial charge in [-0.25, -0.2) is 0 Å². The second-order valence-electron chi connectivity index (χ2n) is 5.55. The predicted octanol–water partition coefficient (Wildman–Crippen LogP) is 3.54. The van der Waals surface area contributed by atoms with Crippen LogP contribution in [0.5, 0.6) is 0 Å². The molecule has 1 saturated carbocycles. The van der Waals surface area contributed by atoms with E-state index in [-0.39, 0.29) is 0 Å². The van der Waals surface area contributed by atoms with Gasteiger partial charge in [0.25, 0.3) is 0 Å². The van der Waals surface area contributed by atoms with Crippen LogP contribution in [0, 0.1) is 0 Å². The summed E-state index contributed by atoms with van der Waals surface area (Å²) in [5, 5.41) is 8.65. The molecule has 1 N–H and O–H groups in total. The van der Waals surface area contributed by atoms with E-state index in [4.69, 9.17) is 16.3 Å². The first-order valence-corrected chi connectivity index (χ1v) is 7.66. The van der Waals surface area contributed by atoms with Crippen LogP contribution in [0.3, 0.4) is 0 Å². The zero-order chi connectivity index (χ0) is 14.7. The molecule has 4 nitrogen and oxygen atoms in total. The third-order valence-electron chi connectivity index (χ3n) is 4.01. The Hall–Kier alpha value is -1.52. The molecule has 3 rings (SSSR count). The topological polar surface area (TPSA) is 39.1 Å². The third kappa shape index (κ3) is 3.57. The van der Waals surface area contributed by atoms with Crippen molar-refractivity contribution in [2.45, 2.75) is 31.3 Å². The van der Waals surface area contributed by atoms with Gasteiger partial charge in [0.1, 0.15) is 0 Å². The lowest BCUT2D eigenvalue weighted by Gasteiger charge is -2.36. The zero-order valence-corrected chi connectivity index (χ0v) is 12.9. The Labute approximate surface area is 130 Å². The van der Waals surface area contributed by atoms with Crippen molar-refractivity contribution in [1.82, 2.24) is 9.78 Å². The SMILES string of the molecule is COCCn1cc(NC2CC(c3ccc(Cl)cc3)C2)cn1. The third-order valence-corrected chi connectivity index (χ3v) is 4.26. The highest BCUT2D eigenvalue weighted by Gasteiger charge is 2.30. The molecule has 1 aromatic heterocycles. The molecule has 0 unspecified atom stereocenters. The average molecular weight is 306 g/mol. The van der Waals surface area contributed by atoms with E-state index in [1.807, 2.05) is 29.2 Å². The largest absolute Gasteiger partial charge is 0.383 e. The van der Waals surface area contributed by atoms with E-state index in [1.165, 1.54) is 5.56 Å². The van der Waals surface area contributed by atoms with Gasteiger partial charge in [-0.2, -0.15) is 5.10 Å². The molecule has 1 aliphatic rings. The van der Waals surface area contributed by atoms with E-state index in [9.17, 15) is 0 Å². The van der Waals surface area contributed by atoms with Crippen molar-refractivity contribution < 1.29 is 4.74 Å². The van der Waals surface area contributed by atoms with Crippen molar-refractivity contribution >= 4 is 17.3 Å². The van der Waals surface area contributed by atoms with Gasteiger partial charge in [-0.3, -0.25) is 4.68 Å². The molecule has 112 valence electrons. The standard InChI is InChI=1S/C16H20ClN3O/c1-21-7-6-20-11-16(10-18-20)19-15-8-13(9-15)12-2-4-14(17)5-3-12/h2-5,10-11,13,15,19H,6-9H2,1H3. The van der Waals surface area contributed by atoms with Gasteiger partial charge in [-0.15, -0.1) is 0 Å². The Bertz CT molecular complexity index is 575. The van der Waals surface area contributed by atoms with Crippen LogP contribution in [0.2, 0.25) is 5.02 Å². The molecular weight excluding hydrogens is 286 g/mol. The van der Waals surface area contributed by atoms with Gasteiger partial charge in [0.2, 0.25) is 0 Å². The molecule has 21 heavy (non-hydrogen) atoms. The molecular formula is C16H20ClN3O. The quantitative estimate of drug-likeness (QED) is 0.887. The highest BCUT2D eigenvalue weighted by atomic mass is 35.5. The predicted molar refractivity (Wildman–Crippen MR) is 84.9 cm³/mol. The molecule has 2 aromatic rings. The van der Waals surface area contributed by atoms with Crippen LogP contribution >= 0.6 is 11.6 Å². The average Bonchev–Trinajstić information content (AvgIpc) is 2.89. The summed E-state index contributed by atoms with van der Waals surface area (Å²) in [5.41, 5.74) is 2.47. The second kappa shape index (κ2) is 6.50. The first-order valence-electron chi connectivity index (χ1n) is 7.28. The maximum atomic E-state index is 5.92. The van der Waals surface area contributed by atoms with E-state index in [0.29, 0.717) is 18.6 Å². The van der Waals surface area contributed by atoms with Gasteiger partial charge in [-0.1, -0.05) is 23.7 Å². The number of aromatic nitrogens is 2. The van der Waals surface area contributed by atoms with Gasteiger partial charge in [-0.05, 0) is 36.5 Å². The molecule has 1 heterocycles. The molecule has 1 aromatic carbocycles. The Morgan fingerprint density at radius 3 is 2.81 bits per heavy atom. The summed E-state index contributed by atoms with van der Waals surface area (Å²) in [7, 11) is 1.70. The fourth-order valence-corrected chi connectivity index (χ4v) is 2.85. The van der Waals surface area contributed by atoms with Crippen molar-refractivity contribution in [2.75, 3.05) is 19.0 Å². The molecule has 5 heteroatoms. The lowest BCUT2D eigenvalue weighted by atomic mass is 9.76. The van der Waals surface area contributed by atoms with Gasteiger partial charge in [0.15, 0.2) is 0 Å². The fourth-order valence-electron chi connectivity index (χ4n) is 2.72. The lowest BCUT2D eigenvalue weighted by Crippen LogP contribution is -2.33. The van der Waals surface area contributed by atoms with Crippen LogP contribution in [0.4, 0.5) is 5.69 Å². The summed E-state index contributed by atoms with van der Waals surface area (Å²) in [5.74, 6) is 0.642. The minimum atomic E-state index is 0.533. The number of rotatable bonds is 6. The molecule has 0 saturated heterocycles. The molecule has 0 radical (unpaired) electrons. The van der Waals surface area contributed by atoms with E-state index >= 15 is 0 Å². The summed E-state index contributed by atoms with van der Waals surface area (Å²) >= 11 is 5.92. The van der Waals surface area contributed by atoms with E-state index in [0.717, 1.165) is 30.1 Å². The molecule has 1 fully saturated rings. The number of nitrogens with zero attached hydrogens (tertiary/aromatic N) is 2. The summed E-state index contributed by atoms with van der Waals surface area (Å²) in [4.78, 5) is 0. The maximum absolute atomic E-state index is 5.92. The number of halogens is 1. The Morgan fingerprint density at radius 1 is 1.33 bits per heavy atom. The Balaban J connectivity index is 1.48. The minimum Gasteiger partial charge on any atom is -0.383 e. The number of hydrogen-bond acceptors (Lipinski definition) is 3. The Morgan fingerprint density at radius 2 is 2.10 bits per heavy atom. The van der Waals surface area contributed by atoms with Crippen molar-refractivity contribution in [3.05, 3.63) is 47.2 Å².